The van der Waals surface area contributed by atoms with Crippen LogP contribution in [0.3, 0.4) is 0 Å². The largest absolute Gasteiger partial charge is 0.480 e. The van der Waals surface area contributed by atoms with Crippen LogP contribution >= 0.6 is 0 Å². The van der Waals surface area contributed by atoms with Gasteiger partial charge in [0.2, 0.25) is 11.9 Å². The van der Waals surface area contributed by atoms with Gasteiger partial charge in [-0.25, -0.2) is 14.8 Å². The van der Waals surface area contributed by atoms with Crippen LogP contribution in [0, 0.1) is 0 Å². The number of hydrogen-bond acceptors (Lipinski definition) is 14. The van der Waals surface area contributed by atoms with Crippen molar-refractivity contribution >= 4 is 46.4 Å². The van der Waals surface area contributed by atoms with Gasteiger partial charge in [-0.15, -0.1) is 0 Å². The van der Waals surface area contributed by atoms with E-state index < -0.39 is 17.9 Å². The van der Waals surface area contributed by atoms with Gasteiger partial charge >= 0.3 is 5.97 Å². The third-order valence-corrected chi connectivity index (χ3v) is 6.31. The Morgan fingerprint density at radius 3 is 2.29 bits per heavy atom. The highest BCUT2D eigenvalue weighted by Crippen LogP contribution is 2.19. The van der Waals surface area contributed by atoms with Gasteiger partial charge in [0, 0.05) is 37.8 Å². The lowest BCUT2D eigenvalue weighted by Crippen LogP contribution is -2.41. The lowest BCUT2D eigenvalue weighted by atomic mass is 10.1. The monoisotopic (exact) mass is 628 g/mol. The van der Waals surface area contributed by atoms with E-state index >= 15 is 0 Å². The molecule has 1 atom stereocenters. The molecule has 9 N–H and O–H groups in total. The molecular formula is C28H40N10O7. The highest BCUT2D eigenvalue weighted by atomic mass is 16.5. The number of fused-ring (bicyclic) bond motifs is 1. The number of carboxylic acid groups (broad SMARTS) is 1. The highest BCUT2D eigenvalue weighted by Gasteiger charge is 2.22. The Morgan fingerprint density at radius 2 is 1.62 bits per heavy atom. The number of carboxylic acids is 1. The number of benzene rings is 1. The fraction of sp³-hybridized carbons (Fsp3) is 0.464. The first kappa shape index (κ1) is 34.8. The first-order valence-corrected chi connectivity index (χ1v) is 14.3. The van der Waals surface area contributed by atoms with Crippen molar-refractivity contribution in [3.05, 3.63) is 41.7 Å². The van der Waals surface area contributed by atoms with Gasteiger partial charge < -0.3 is 52.1 Å². The van der Waals surface area contributed by atoms with E-state index in [4.69, 9.17) is 31.4 Å². The summed E-state index contributed by atoms with van der Waals surface area (Å²) < 4.78 is 15.9. The van der Waals surface area contributed by atoms with E-state index in [1.54, 1.807) is 30.5 Å². The summed E-state index contributed by atoms with van der Waals surface area (Å²) in [4.78, 5) is 55.2. The zero-order chi connectivity index (χ0) is 32.6. The van der Waals surface area contributed by atoms with Gasteiger partial charge in [0.25, 0.3) is 5.91 Å². The van der Waals surface area contributed by atoms with Crippen LogP contribution in [0.5, 0.6) is 0 Å². The zero-order valence-corrected chi connectivity index (χ0v) is 25.1. The predicted octanol–water partition coefficient (Wildman–Crippen LogP) is -0.691. The number of nitrogens with one attached hydrogen (secondary N) is 2. The Balaban J connectivity index is 1.39. The number of anilines is 3. The van der Waals surface area contributed by atoms with Crippen molar-refractivity contribution in [1.29, 1.82) is 0 Å². The summed E-state index contributed by atoms with van der Waals surface area (Å²) in [6, 6.07) is 5.35. The average Bonchev–Trinajstić information content (AvgIpc) is 3.02. The summed E-state index contributed by atoms with van der Waals surface area (Å²) in [5.74, 6) is -2.02. The van der Waals surface area contributed by atoms with E-state index in [-0.39, 0.29) is 49.2 Å². The summed E-state index contributed by atoms with van der Waals surface area (Å²) in [6.07, 6.45) is 1.40. The molecule has 45 heavy (non-hydrogen) atoms. The molecule has 0 aliphatic carbocycles. The van der Waals surface area contributed by atoms with Crippen LogP contribution in [0.4, 0.5) is 17.5 Å². The number of carbonyl (C=O) groups excluding carboxylic acids is 2. The third kappa shape index (κ3) is 11.7. The second kappa shape index (κ2) is 18.2. The normalized spacial score (nSPS) is 11.7. The molecule has 0 saturated carbocycles. The van der Waals surface area contributed by atoms with Crippen LogP contribution in [-0.4, -0.2) is 109 Å². The standard InChI is InChI=1S/C28H40N10O7/c1-38(17-19-16-33-25-23(34-19)24(30)36-28(31)37-25)20-4-2-18(3-5-20)26(40)35-21(27(41)42)6-7-22(39)32-9-11-44-13-15-45-14-12-43-10-8-29/h2-5,16,21H,6-15,17,29H2,1H3,(H,32,39)(H,35,40)(H,41,42)(H4,30,31,33,36,37)/t21-/m0/s1. The summed E-state index contributed by atoms with van der Waals surface area (Å²) in [5.41, 5.74) is 19.1. The molecule has 2 aromatic heterocycles. The van der Waals surface area contributed by atoms with Crippen molar-refractivity contribution in [1.82, 2.24) is 30.6 Å². The van der Waals surface area contributed by atoms with Crippen LogP contribution < -0.4 is 32.7 Å². The van der Waals surface area contributed by atoms with Crippen LogP contribution in [-0.2, 0) is 30.3 Å². The Morgan fingerprint density at radius 1 is 0.956 bits per heavy atom. The molecule has 2 amide bonds. The minimum atomic E-state index is -1.24. The number of hydrogen-bond donors (Lipinski definition) is 6. The zero-order valence-electron chi connectivity index (χ0n) is 25.1. The first-order chi connectivity index (χ1) is 21.7. The number of ether oxygens (including phenoxy) is 3. The van der Waals surface area contributed by atoms with Crippen molar-refractivity contribution in [3.8, 4) is 0 Å². The van der Waals surface area contributed by atoms with E-state index in [1.165, 1.54) is 0 Å². The first-order valence-electron chi connectivity index (χ1n) is 14.3. The number of aliphatic carboxylic acids is 1. The Kier molecular flexibility index (Phi) is 14.0. The second-order valence-corrected chi connectivity index (χ2v) is 9.78. The molecule has 2 heterocycles. The van der Waals surface area contributed by atoms with Crippen LogP contribution in [0.25, 0.3) is 11.2 Å². The van der Waals surface area contributed by atoms with E-state index in [2.05, 4.69) is 30.6 Å². The van der Waals surface area contributed by atoms with E-state index in [0.717, 1.165) is 5.69 Å². The number of nitrogens with two attached hydrogens (primary N) is 3. The van der Waals surface area contributed by atoms with Crippen molar-refractivity contribution in [2.75, 3.05) is 76.1 Å². The molecule has 0 fully saturated rings. The Labute approximate surface area is 259 Å². The number of rotatable bonds is 20. The van der Waals surface area contributed by atoms with Gasteiger partial charge in [-0.2, -0.15) is 9.97 Å². The third-order valence-electron chi connectivity index (χ3n) is 6.31. The number of amides is 2. The molecule has 1 aromatic carbocycles. The fourth-order valence-corrected chi connectivity index (χ4v) is 4.01. The molecular weight excluding hydrogens is 588 g/mol. The van der Waals surface area contributed by atoms with Crippen molar-refractivity contribution < 1.29 is 33.7 Å². The minimum absolute atomic E-state index is 0.0142. The molecule has 244 valence electrons. The van der Waals surface area contributed by atoms with E-state index in [9.17, 15) is 19.5 Å². The van der Waals surface area contributed by atoms with Gasteiger partial charge in [-0.05, 0) is 30.7 Å². The number of nitrogens with zero attached hydrogens (tertiary/aromatic N) is 5. The van der Waals surface area contributed by atoms with Gasteiger partial charge in [-0.3, -0.25) is 9.59 Å². The van der Waals surface area contributed by atoms with Gasteiger partial charge in [-0.1, -0.05) is 0 Å². The SMILES string of the molecule is CN(Cc1cnc2nc(N)nc(N)c2n1)c1ccc(C(=O)N[C@@H](CCC(=O)NCCOCCOCCOCCN)C(=O)O)cc1. The molecule has 0 aliphatic heterocycles. The molecule has 0 spiro atoms. The molecule has 0 aliphatic rings. The molecule has 3 aromatic rings. The molecule has 0 saturated heterocycles. The second-order valence-electron chi connectivity index (χ2n) is 9.78. The minimum Gasteiger partial charge on any atom is -0.480 e. The maximum Gasteiger partial charge on any atom is 0.326 e. The molecule has 17 heteroatoms. The average molecular weight is 629 g/mol. The molecule has 0 bridgehead atoms. The van der Waals surface area contributed by atoms with E-state index in [0.29, 0.717) is 63.0 Å². The van der Waals surface area contributed by atoms with Crippen LogP contribution in [0.2, 0.25) is 0 Å². The summed E-state index contributed by atoms with van der Waals surface area (Å²) in [7, 11) is 1.83. The quantitative estimate of drug-likeness (QED) is 0.0846. The Hall–Kier alpha value is -4.71. The molecule has 0 unspecified atom stereocenters. The summed E-state index contributed by atoms with van der Waals surface area (Å²) >= 11 is 0. The summed E-state index contributed by atoms with van der Waals surface area (Å²) in [5, 5.41) is 14.7. The van der Waals surface area contributed by atoms with E-state index in [1.807, 2.05) is 11.9 Å². The molecule has 17 nitrogen and oxygen atoms in total. The number of nitrogen functional groups attached to an aromatic ring is 2. The number of carbonyl (C=O) groups is 3. The summed E-state index contributed by atoms with van der Waals surface area (Å²) in [6.45, 7) is 3.51. The smallest absolute Gasteiger partial charge is 0.326 e. The van der Waals surface area contributed by atoms with Gasteiger partial charge in [0.15, 0.2) is 17.0 Å². The highest BCUT2D eigenvalue weighted by molar-refractivity contribution is 5.97. The lowest BCUT2D eigenvalue weighted by molar-refractivity contribution is -0.139. The molecule has 0 radical (unpaired) electrons. The lowest BCUT2D eigenvalue weighted by Gasteiger charge is -2.19. The van der Waals surface area contributed by atoms with Crippen LogP contribution in [0.1, 0.15) is 28.9 Å². The topological polar surface area (TPSA) is 256 Å². The Bertz CT molecular complexity index is 1410. The van der Waals surface area contributed by atoms with Crippen molar-refractivity contribution in [2.24, 2.45) is 5.73 Å². The predicted molar refractivity (Wildman–Crippen MR) is 165 cm³/mol. The molecule has 3 rings (SSSR count). The maximum atomic E-state index is 12.8. The van der Waals surface area contributed by atoms with Gasteiger partial charge in [0.1, 0.15) is 6.04 Å². The number of aromatic nitrogens is 4. The van der Waals surface area contributed by atoms with Crippen molar-refractivity contribution in [3.63, 3.8) is 0 Å². The van der Waals surface area contributed by atoms with Gasteiger partial charge in [0.05, 0.1) is 58.1 Å². The van der Waals surface area contributed by atoms with Crippen molar-refractivity contribution in [2.45, 2.75) is 25.4 Å². The van der Waals surface area contributed by atoms with Crippen LogP contribution in [0.15, 0.2) is 30.5 Å². The fourth-order valence-electron chi connectivity index (χ4n) is 4.01. The maximum absolute atomic E-state index is 12.8.